The molecule has 0 bridgehead atoms. The lowest BCUT2D eigenvalue weighted by atomic mass is 10.2. The smallest absolute Gasteiger partial charge is 0.291 e. The minimum absolute atomic E-state index is 0.0641. The number of nitrogens with zero attached hydrogens (tertiary/aromatic N) is 3. The van der Waals surface area contributed by atoms with Crippen LogP contribution in [0.5, 0.6) is 0 Å². The van der Waals surface area contributed by atoms with Crippen molar-refractivity contribution in [3.05, 3.63) is 54.1 Å². The Morgan fingerprint density at radius 2 is 1.89 bits per heavy atom. The van der Waals surface area contributed by atoms with Gasteiger partial charge in [0.25, 0.3) is 5.76 Å². The molecule has 8 heteroatoms. The first-order valence-electron chi connectivity index (χ1n) is 8.37. The molecule has 0 aliphatic heterocycles. The monoisotopic (exact) mass is 390 g/mol. The van der Waals surface area contributed by atoms with Crippen LogP contribution in [0.4, 0.5) is 14.5 Å². The van der Waals surface area contributed by atoms with Gasteiger partial charge in [-0.25, -0.2) is 4.98 Å². The largest absolute Gasteiger partial charge is 0.378 e. The van der Waals surface area contributed by atoms with E-state index in [4.69, 9.17) is 0 Å². The molecule has 0 unspecified atom stereocenters. The van der Waals surface area contributed by atoms with Gasteiger partial charge in [0.15, 0.2) is 5.16 Å². The average Bonchev–Trinajstić information content (AvgIpc) is 2.97. The zero-order chi connectivity index (χ0) is 19.4. The number of fused-ring (bicyclic) bond motifs is 1. The molecule has 0 atom stereocenters. The lowest BCUT2D eigenvalue weighted by molar-refractivity contribution is -0.121. The normalized spacial score (nSPS) is 11.1. The van der Waals surface area contributed by atoms with Gasteiger partial charge in [-0.3, -0.25) is 4.79 Å². The van der Waals surface area contributed by atoms with Crippen molar-refractivity contribution >= 4 is 34.4 Å². The Hall–Kier alpha value is -2.61. The van der Waals surface area contributed by atoms with Gasteiger partial charge in [0.1, 0.15) is 6.54 Å². The van der Waals surface area contributed by atoms with Gasteiger partial charge >= 0.3 is 0 Å². The van der Waals surface area contributed by atoms with Crippen LogP contribution in [-0.4, -0.2) is 35.3 Å². The summed E-state index contributed by atoms with van der Waals surface area (Å²) in [6.45, 7) is 0.307. The van der Waals surface area contributed by atoms with Gasteiger partial charge in [0, 0.05) is 26.3 Å². The number of halogens is 2. The molecule has 0 spiro atoms. The van der Waals surface area contributed by atoms with E-state index in [-0.39, 0.29) is 17.6 Å². The molecule has 2 aromatic carbocycles. The summed E-state index contributed by atoms with van der Waals surface area (Å²) in [6.07, 6.45) is 0. The molecule has 0 saturated heterocycles. The number of nitrogens with one attached hydrogen (secondary N) is 1. The standard InChI is InChI=1S/C19H20F2N4OS/c1-24(2)14-9-7-13(8-10-14)11-22-17(26)12-25-16-6-4-3-5-15(16)23-19(25)27-18(20)21/h3-10,18H,11-12H2,1-2H3,(H,22,26). The van der Waals surface area contributed by atoms with E-state index in [2.05, 4.69) is 10.3 Å². The lowest BCUT2D eigenvalue weighted by Crippen LogP contribution is -2.27. The van der Waals surface area contributed by atoms with E-state index in [1.165, 1.54) is 4.57 Å². The number of hydrogen-bond acceptors (Lipinski definition) is 4. The Labute approximate surface area is 160 Å². The van der Waals surface area contributed by atoms with Crippen LogP contribution in [0.2, 0.25) is 0 Å². The van der Waals surface area contributed by atoms with Crippen molar-refractivity contribution in [2.75, 3.05) is 19.0 Å². The topological polar surface area (TPSA) is 50.2 Å². The second-order valence-corrected chi connectivity index (χ2v) is 7.14. The quantitative estimate of drug-likeness (QED) is 0.625. The van der Waals surface area contributed by atoms with Crippen LogP contribution in [0.3, 0.4) is 0 Å². The van der Waals surface area contributed by atoms with Gasteiger partial charge in [-0.1, -0.05) is 24.3 Å². The van der Waals surface area contributed by atoms with Crippen LogP contribution in [0.25, 0.3) is 11.0 Å². The number of aromatic nitrogens is 2. The van der Waals surface area contributed by atoms with Gasteiger partial charge in [-0.2, -0.15) is 8.78 Å². The van der Waals surface area contributed by atoms with Gasteiger partial charge < -0.3 is 14.8 Å². The predicted molar refractivity (Wildman–Crippen MR) is 104 cm³/mol. The van der Waals surface area contributed by atoms with Gasteiger partial charge in [0.05, 0.1) is 11.0 Å². The second kappa shape index (κ2) is 8.39. The van der Waals surface area contributed by atoms with Crippen LogP contribution >= 0.6 is 11.8 Å². The third-order valence-corrected chi connectivity index (χ3v) is 4.76. The maximum atomic E-state index is 12.8. The molecule has 1 aromatic heterocycles. The molecule has 27 heavy (non-hydrogen) atoms. The summed E-state index contributed by atoms with van der Waals surface area (Å²) < 4.78 is 27.2. The fraction of sp³-hybridized carbons (Fsp3) is 0.263. The Balaban J connectivity index is 1.70. The number of thioether (sulfide) groups is 1. The Bertz CT molecular complexity index is 925. The molecule has 1 N–H and O–H groups in total. The highest BCUT2D eigenvalue weighted by Gasteiger charge is 2.17. The maximum Gasteiger partial charge on any atom is 0.291 e. The minimum atomic E-state index is -2.60. The molecular weight excluding hydrogens is 370 g/mol. The van der Waals surface area contributed by atoms with Crippen LogP contribution in [0.1, 0.15) is 5.56 Å². The SMILES string of the molecule is CN(C)c1ccc(CNC(=O)Cn2c(SC(F)F)nc3ccccc32)cc1. The van der Waals surface area contributed by atoms with Crippen LogP contribution in [0.15, 0.2) is 53.7 Å². The molecule has 3 rings (SSSR count). The zero-order valence-electron chi connectivity index (χ0n) is 15.0. The van der Waals surface area contributed by atoms with E-state index in [9.17, 15) is 13.6 Å². The van der Waals surface area contributed by atoms with E-state index in [0.29, 0.717) is 29.3 Å². The highest BCUT2D eigenvalue weighted by atomic mass is 32.2. The molecule has 5 nitrogen and oxygen atoms in total. The highest BCUT2D eigenvalue weighted by molar-refractivity contribution is 7.99. The minimum Gasteiger partial charge on any atom is -0.378 e. The number of imidazole rings is 1. The van der Waals surface area contributed by atoms with E-state index in [1.807, 2.05) is 43.3 Å². The summed E-state index contributed by atoms with van der Waals surface area (Å²) >= 11 is 0.345. The molecule has 142 valence electrons. The van der Waals surface area contributed by atoms with Crippen molar-refractivity contribution in [3.8, 4) is 0 Å². The first-order valence-corrected chi connectivity index (χ1v) is 9.25. The van der Waals surface area contributed by atoms with E-state index < -0.39 is 5.76 Å². The number of hydrogen-bond donors (Lipinski definition) is 1. The Kier molecular flexibility index (Phi) is 5.95. The third kappa shape index (κ3) is 4.77. The summed E-state index contributed by atoms with van der Waals surface area (Å²) in [7, 11) is 3.92. The first kappa shape index (κ1) is 19.2. The zero-order valence-corrected chi connectivity index (χ0v) is 15.8. The highest BCUT2D eigenvalue weighted by Crippen LogP contribution is 2.28. The van der Waals surface area contributed by atoms with Crippen molar-refractivity contribution in [2.24, 2.45) is 0 Å². The number of carbonyl (C=O) groups excluding carboxylic acids is 1. The van der Waals surface area contributed by atoms with Crippen molar-refractivity contribution in [3.63, 3.8) is 0 Å². The fourth-order valence-corrected chi connectivity index (χ4v) is 3.29. The molecule has 0 aliphatic rings. The van der Waals surface area contributed by atoms with E-state index >= 15 is 0 Å². The number of amides is 1. The molecule has 3 aromatic rings. The van der Waals surface area contributed by atoms with Crippen LogP contribution in [0, 0.1) is 0 Å². The Morgan fingerprint density at radius 1 is 1.19 bits per heavy atom. The van der Waals surface area contributed by atoms with Gasteiger partial charge in [0.2, 0.25) is 5.91 Å². The summed E-state index contributed by atoms with van der Waals surface area (Å²) in [5.41, 5.74) is 3.29. The number of anilines is 1. The number of para-hydroxylation sites is 2. The van der Waals surface area contributed by atoms with Gasteiger partial charge in [-0.15, -0.1) is 0 Å². The second-order valence-electron chi connectivity index (χ2n) is 6.19. The van der Waals surface area contributed by atoms with Crippen molar-refractivity contribution in [2.45, 2.75) is 24.0 Å². The molecule has 1 heterocycles. The molecule has 0 aliphatic carbocycles. The third-order valence-electron chi connectivity index (χ3n) is 4.06. The van der Waals surface area contributed by atoms with Crippen molar-refractivity contribution < 1.29 is 13.6 Å². The number of carbonyl (C=O) groups is 1. The van der Waals surface area contributed by atoms with Crippen molar-refractivity contribution in [1.29, 1.82) is 0 Å². The maximum absolute atomic E-state index is 12.8. The fourth-order valence-electron chi connectivity index (χ4n) is 2.69. The predicted octanol–water partition coefficient (Wildman–Crippen LogP) is 3.73. The van der Waals surface area contributed by atoms with Crippen LogP contribution < -0.4 is 10.2 Å². The summed E-state index contributed by atoms with van der Waals surface area (Å²) in [4.78, 5) is 18.6. The van der Waals surface area contributed by atoms with E-state index in [1.54, 1.807) is 24.3 Å². The summed E-state index contributed by atoms with van der Waals surface area (Å²) in [6, 6.07) is 14.9. The molecular formula is C19H20F2N4OS. The summed E-state index contributed by atoms with van der Waals surface area (Å²) in [5, 5.41) is 2.97. The number of alkyl halides is 2. The molecule has 0 fully saturated rings. The molecule has 0 radical (unpaired) electrons. The van der Waals surface area contributed by atoms with Crippen LogP contribution in [-0.2, 0) is 17.9 Å². The summed E-state index contributed by atoms with van der Waals surface area (Å²) in [5.74, 6) is -2.86. The van der Waals surface area contributed by atoms with E-state index in [0.717, 1.165) is 11.3 Å². The van der Waals surface area contributed by atoms with Gasteiger partial charge in [-0.05, 0) is 41.6 Å². The average molecular weight is 390 g/mol. The molecule has 1 amide bonds. The Morgan fingerprint density at radius 3 is 2.56 bits per heavy atom. The number of benzene rings is 2. The lowest BCUT2D eigenvalue weighted by Gasteiger charge is -2.13. The first-order chi connectivity index (χ1) is 12.9. The number of rotatable bonds is 7. The molecule has 0 saturated carbocycles. The van der Waals surface area contributed by atoms with Crippen molar-refractivity contribution in [1.82, 2.24) is 14.9 Å².